The minimum atomic E-state index is 0.498. The van der Waals surface area contributed by atoms with E-state index in [0.29, 0.717) is 5.13 Å². The van der Waals surface area contributed by atoms with Gasteiger partial charge in [0.05, 0.1) is 16.1 Å². The summed E-state index contributed by atoms with van der Waals surface area (Å²) in [4.78, 5) is 5.18. The molecule has 0 amide bonds. The molecule has 6 heteroatoms. The molecule has 0 fully saturated rings. The third-order valence-electron chi connectivity index (χ3n) is 1.38. The van der Waals surface area contributed by atoms with Crippen LogP contribution in [0.1, 0.15) is 5.69 Å². The van der Waals surface area contributed by atoms with E-state index in [1.54, 1.807) is 16.8 Å². The van der Waals surface area contributed by atoms with Crippen LogP contribution in [0.3, 0.4) is 0 Å². The number of nitrogens with two attached hydrogens (primary N) is 1. The second-order valence-corrected chi connectivity index (χ2v) is 4.08. The van der Waals surface area contributed by atoms with Gasteiger partial charge < -0.3 is 5.73 Å². The van der Waals surface area contributed by atoms with Crippen LogP contribution < -0.4 is 5.73 Å². The molecule has 0 bridgehead atoms. The smallest absolute Gasteiger partial charge is 0.203 e. The van der Waals surface area contributed by atoms with E-state index in [2.05, 4.69) is 15.2 Å². The van der Waals surface area contributed by atoms with Crippen molar-refractivity contribution in [2.24, 2.45) is 0 Å². The standard InChI is InChI=1S/C6H6N4S2/c1-3-4(11-2-8-3)5-9-10-6(7)12-5/h2H,1H3,(H2,7,10). The van der Waals surface area contributed by atoms with Crippen LogP contribution in [-0.4, -0.2) is 15.2 Å². The average Bonchev–Trinajstić information content (AvgIpc) is 2.58. The van der Waals surface area contributed by atoms with Crippen molar-refractivity contribution in [1.82, 2.24) is 15.2 Å². The molecule has 62 valence electrons. The van der Waals surface area contributed by atoms with Crippen LogP contribution in [0.15, 0.2) is 5.51 Å². The lowest BCUT2D eigenvalue weighted by Crippen LogP contribution is -1.80. The first kappa shape index (κ1) is 7.63. The van der Waals surface area contributed by atoms with E-state index in [1.165, 1.54) is 11.3 Å². The maximum absolute atomic E-state index is 5.46. The molecule has 0 saturated heterocycles. The van der Waals surface area contributed by atoms with Crippen molar-refractivity contribution in [2.45, 2.75) is 6.92 Å². The highest BCUT2D eigenvalue weighted by Gasteiger charge is 2.09. The van der Waals surface area contributed by atoms with Crippen molar-refractivity contribution >= 4 is 27.8 Å². The van der Waals surface area contributed by atoms with Gasteiger partial charge >= 0.3 is 0 Å². The maximum atomic E-state index is 5.46. The van der Waals surface area contributed by atoms with Gasteiger partial charge in [-0.25, -0.2) is 4.98 Å². The van der Waals surface area contributed by atoms with Crippen LogP contribution in [0.5, 0.6) is 0 Å². The van der Waals surface area contributed by atoms with Gasteiger partial charge in [0.25, 0.3) is 0 Å². The van der Waals surface area contributed by atoms with Gasteiger partial charge in [0.1, 0.15) is 0 Å². The lowest BCUT2D eigenvalue weighted by atomic mass is 10.4. The fraction of sp³-hybridized carbons (Fsp3) is 0.167. The molecule has 0 saturated carbocycles. The van der Waals surface area contributed by atoms with Gasteiger partial charge in [0.2, 0.25) is 5.13 Å². The summed E-state index contributed by atoms with van der Waals surface area (Å²) >= 11 is 2.94. The average molecular weight is 198 g/mol. The predicted molar refractivity (Wildman–Crippen MR) is 50.2 cm³/mol. The zero-order valence-corrected chi connectivity index (χ0v) is 7.95. The van der Waals surface area contributed by atoms with Gasteiger partial charge in [0, 0.05) is 0 Å². The van der Waals surface area contributed by atoms with E-state index < -0.39 is 0 Å². The van der Waals surface area contributed by atoms with Crippen molar-refractivity contribution in [2.75, 3.05) is 5.73 Å². The molecule has 0 atom stereocenters. The zero-order chi connectivity index (χ0) is 8.55. The Balaban J connectivity index is 2.50. The molecule has 2 rings (SSSR count). The number of rotatable bonds is 1. The van der Waals surface area contributed by atoms with Crippen molar-refractivity contribution in [3.05, 3.63) is 11.2 Å². The summed E-state index contributed by atoms with van der Waals surface area (Å²) in [5.74, 6) is 0. The van der Waals surface area contributed by atoms with E-state index in [9.17, 15) is 0 Å². The lowest BCUT2D eigenvalue weighted by molar-refractivity contribution is 1.10. The van der Waals surface area contributed by atoms with Crippen molar-refractivity contribution < 1.29 is 0 Å². The van der Waals surface area contributed by atoms with E-state index in [1.807, 2.05) is 6.92 Å². The Bertz CT molecular complexity index is 392. The molecule has 0 aromatic carbocycles. The molecule has 2 aromatic rings. The molecule has 2 N–H and O–H groups in total. The monoisotopic (exact) mass is 198 g/mol. The van der Waals surface area contributed by atoms with Crippen LogP contribution in [0.2, 0.25) is 0 Å². The highest BCUT2D eigenvalue weighted by molar-refractivity contribution is 7.22. The van der Waals surface area contributed by atoms with Crippen LogP contribution >= 0.6 is 22.7 Å². The summed E-state index contributed by atoms with van der Waals surface area (Å²) in [6.45, 7) is 1.95. The molecule has 0 radical (unpaired) electrons. The molecule has 0 spiro atoms. The third kappa shape index (κ3) is 1.19. The molecular formula is C6H6N4S2. The largest absolute Gasteiger partial charge is 0.374 e. The Morgan fingerprint density at radius 1 is 1.42 bits per heavy atom. The molecule has 0 aliphatic rings. The maximum Gasteiger partial charge on any atom is 0.203 e. The number of aromatic nitrogens is 3. The number of aryl methyl sites for hydroxylation is 1. The second-order valence-electron chi connectivity index (χ2n) is 2.21. The Labute approximate surface area is 77.1 Å². The van der Waals surface area contributed by atoms with Crippen molar-refractivity contribution in [3.8, 4) is 9.88 Å². The Hall–Kier alpha value is -1.01. The Morgan fingerprint density at radius 2 is 2.25 bits per heavy atom. The van der Waals surface area contributed by atoms with Crippen LogP contribution in [-0.2, 0) is 0 Å². The molecule has 2 heterocycles. The highest BCUT2D eigenvalue weighted by atomic mass is 32.1. The quantitative estimate of drug-likeness (QED) is 0.755. The Morgan fingerprint density at radius 3 is 2.75 bits per heavy atom. The van der Waals surface area contributed by atoms with E-state index >= 15 is 0 Å². The van der Waals surface area contributed by atoms with Gasteiger partial charge in [-0.1, -0.05) is 11.3 Å². The third-order valence-corrected chi connectivity index (χ3v) is 3.21. The fourth-order valence-corrected chi connectivity index (χ4v) is 2.39. The number of hydrogen-bond acceptors (Lipinski definition) is 6. The predicted octanol–water partition coefficient (Wildman–Crippen LogP) is 1.55. The summed E-state index contributed by atoms with van der Waals surface area (Å²) in [6, 6.07) is 0. The van der Waals surface area contributed by atoms with Crippen molar-refractivity contribution in [1.29, 1.82) is 0 Å². The molecule has 4 nitrogen and oxygen atoms in total. The van der Waals surface area contributed by atoms with Crippen LogP contribution in [0, 0.1) is 6.92 Å². The van der Waals surface area contributed by atoms with E-state index in [4.69, 9.17) is 5.73 Å². The number of nitrogen functional groups attached to an aromatic ring is 1. The first-order chi connectivity index (χ1) is 5.77. The molecule has 12 heavy (non-hydrogen) atoms. The molecule has 0 aliphatic heterocycles. The summed E-state index contributed by atoms with van der Waals surface area (Å²) in [5, 5.41) is 9.02. The molecular weight excluding hydrogens is 192 g/mol. The number of thiazole rings is 1. The minimum absolute atomic E-state index is 0.498. The fourth-order valence-electron chi connectivity index (χ4n) is 0.834. The van der Waals surface area contributed by atoms with E-state index in [-0.39, 0.29) is 0 Å². The molecule has 0 unspecified atom stereocenters. The first-order valence-electron chi connectivity index (χ1n) is 3.27. The summed E-state index contributed by atoms with van der Waals surface area (Å²) in [7, 11) is 0. The normalized spacial score (nSPS) is 10.4. The first-order valence-corrected chi connectivity index (χ1v) is 4.96. The summed E-state index contributed by atoms with van der Waals surface area (Å²) < 4.78 is 0. The van der Waals surface area contributed by atoms with Gasteiger partial charge in [0.15, 0.2) is 5.01 Å². The number of anilines is 1. The SMILES string of the molecule is Cc1ncsc1-c1nnc(N)s1. The van der Waals surface area contributed by atoms with Crippen molar-refractivity contribution in [3.63, 3.8) is 0 Å². The number of hydrogen-bond donors (Lipinski definition) is 1. The van der Waals surface area contributed by atoms with Gasteiger partial charge in [-0.2, -0.15) is 0 Å². The topological polar surface area (TPSA) is 64.7 Å². The van der Waals surface area contributed by atoms with Gasteiger partial charge in [-0.3, -0.25) is 0 Å². The minimum Gasteiger partial charge on any atom is -0.374 e. The summed E-state index contributed by atoms with van der Waals surface area (Å²) in [5.41, 5.74) is 8.24. The summed E-state index contributed by atoms with van der Waals surface area (Å²) in [6.07, 6.45) is 0. The number of nitrogens with zero attached hydrogens (tertiary/aromatic N) is 3. The van der Waals surface area contributed by atoms with Gasteiger partial charge in [-0.15, -0.1) is 21.5 Å². The van der Waals surface area contributed by atoms with E-state index in [0.717, 1.165) is 15.6 Å². The second kappa shape index (κ2) is 2.80. The molecule has 2 aromatic heterocycles. The van der Waals surface area contributed by atoms with Crippen LogP contribution in [0.25, 0.3) is 9.88 Å². The molecule has 0 aliphatic carbocycles. The highest BCUT2D eigenvalue weighted by Crippen LogP contribution is 2.30. The van der Waals surface area contributed by atoms with Crippen LogP contribution in [0.4, 0.5) is 5.13 Å². The zero-order valence-electron chi connectivity index (χ0n) is 6.31. The Kier molecular flexibility index (Phi) is 1.78. The van der Waals surface area contributed by atoms with Gasteiger partial charge in [-0.05, 0) is 6.92 Å². The lowest BCUT2D eigenvalue weighted by Gasteiger charge is -1.87.